The number of aliphatic imine (C=N–C) groups is 1. The van der Waals surface area contributed by atoms with E-state index in [0.29, 0.717) is 11.4 Å². The van der Waals surface area contributed by atoms with Crippen LogP contribution in [0.5, 0.6) is 0 Å². The van der Waals surface area contributed by atoms with E-state index in [2.05, 4.69) is 15.3 Å². The van der Waals surface area contributed by atoms with Gasteiger partial charge in [-0.25, -0.2) is 0 Å². The monoisotopic (exact) mass is 381 g/mol. The quantitative estimate of drug-likeness (QED) is 0.661. The van der Waals surface area contributed by atoms with E-state index in [1.807, 2.05) is 36.4 Å². The molecule has 2 aromatic carbocycles. The highest BCUT2D eigenvalue weighted by molar-refractivity contribution is 6.17. The number of pyridine rings is 1. The fourth-order valence-electron chi connectivity index (χ4n) is 3.02. The average Bonchev–Trinajstić information content (AvgIpc) is 2.85. The molecule has 2 heterocycles. The Kier molecular flexibility index (Phi) is 4.43. The van der Waals surface area contributed by atoms with E-state index in [1.54, 1.807) is 12.4 Å². The number of hydrogen-bond donors (Lipinski definition) is 1. The van der Waals surface area contributed by atoms with Crippen LogP contribution in [0.25, 0.3) is 11.1 Å². The van der Waals surface area contributed by atoms with Gasteiger partial charge in [0.15, 0.2) is 0 Å². The van der Waals surface area contributed by atoms with Crippen molar-refractivity contribution in [3.05, 3.63) is 78.1 Å². The van der Waals surface area contributed by atoms with Gasteiger partial charge in [-0.15, -0.1) is 0 Å². The van der Waals surface area contributed by atoms with Crippen molar-refractivity contribution in [3.8, 4) is 11.1 Å². The SMILES string of the molecule is O=C1CC(c2cccc(-c3cccnc3)c2)=Nc2ccc(C(F)(F)F)cc2N1. The first-order valence-electron chi connectivity index (χ1n) is 8.50. The van der Waals surface area contributed by atoms with Crippen LogP contribution in [0.4, 0.5) is 24.5 Å². The van der Waals surface area contributed by atoms with Gasteiger partial charge in [0.1, 0.15) is 0 Å². The number of carbonyl (C=O) groups is 1. The number of fused-ring (bicyclic) bond motifs is 1. The average molecular weight is 381 g/mol. The number of alkyl halides is 3. The summed E-state index contributed by atoms with van der Waals surface area (Å²) in [5.74, 6) is -0.413. The van der Waals surface area contributed by atoms with Crippen molar-refractivity contribution < 1.29 is 18.0 Å². The summed E-state index contributed by atoms with van der Waals surface area (Å²) >= 11 is 0. The number of nitrogens with zero attached hydrogens (tertiary/aromatic N) is 2. The van der Waals surface area contributed by atoms with E-state index in [-0.39, 0.29) is 12.1 Å². The summed E-state index contributed by atoms with van der Waals surface area (Å²) in [4.78, 5) is 20.8. The van der Waals surface area contributed by atoms with Crippen LogP contribution in [0.3, 0.4) is 0 Å². The third-order valence-electron chi connectivity index (χ3n) is 4.37. The molecule has 1 aliphatic heterocycles. The molecule has 0 aliphatic carbocycles. The zero-order valence-corrected chi connectivity index (χ0v) is 14.5. The minimum absolute atomic E-state index is 0.0352. The smallest absolute Gasteiger partial charge is 0.324 e. The summed E-state index contributed by atoms with van der Waals surface area (Å²) in [7, 11) is 0. The van der Waals surface area contributed by atoms with Crippen molar-refractivity contribution >= 4 is 23.0 Å². The second-order valence-corrected chi connectivity index (χ2v) is 6.34. The third kappa shape index (κ3) is 3.64. The summed E-state index contributed by atoms with van der Waals surface area (Å²) in [5.41, 5.74) is 2.55. The van der Waals surface area contributed by atoms with Gasteiger partial charge in [0, 0.05) is 18.0 Å². The van der Waals surface area contributed by atoms with Gasteiger partial charge in [0.05, 0.1) is 29.1 Å². The van der Waals surface area contributed by atoms with E-state index in [1.165, 1.54) is 6.07 Å². The summed E-state index contributed by atoms with van der Waals surface area (Å²) in [6.07, 6.45) is -1.11. The van der Waals surface area contributed by atoms with Crippen molar-refractivity contribution in [1.29, 1.82) is 0 Å². The van der Waals surface area contributed by atoms with Crippen molar-refractivity contribution in [3.63, 3.8) is 0 Å². The maximum atomic E-state index is 13.0. The molecule has 1 aromatic heterocycles. The van der Waals surface area contributed by atoms with Crippen molar-refractivity contribution in [2.45, 2.75) is 12.6 Å². The van der Waals surface area contributed by atoms with Crippen LogP contribution in [0.2, 0.25) is 0 Å². The molecule has 0 atom stereocenters. The Morgan fingerprint density at radius 2 is 1.71 bits per heavy atom. The lowest BCUT2D eigenvalue weighted by Crippen LogP contribution is -2.15. The largest absolute Gasteiger partial charge is 0.416 e. The van der Waals surface area contributed by atoms with Crippen LogP contribution in [0, 0.1) is 0 Å². The van der Waals surface area contributed by atoms with Crippen LogP contribution < -0.4 is 5.32 Å². The number of nitrogens with one attached hydrogen (secondary N) is 1. The lowest BCUT2D eigenvalue weighted by molar-refractivity contribution is -0.137. The number of halogens is 3. The van der Waals surface area contributed by atoms with Gasteiger partial charge in [-0.3, -0.25) is 14.8 Å². The predicted molar refractivity (Wildman–Crippen MR) is 101 cm³/mol. The molecule has 4 nitrogen and oxygen atoms in total. The Labute approximate surface area is 158 Å². The number of aromatic nitrogens is 1. The van der Waals surface area contributed by atoms with Gasteiger partial charge >= 0.3 is 6.18 Å². The van der Waals surface area contributed by atoms with Gasteiger partial charge in [-0.05, 0) is 41.5 Å². The van der Waals surface area contributed by atoms with E-state index >= 15 is 0 Å². The minimum atomic E-state index is -4.49. The lowest BCUT2D eigenvalue weighted by atomic mass is 10.0. The van der Waals surface area contributed by atoms with Crippen LogP contribution in [0.1, 0.15) is 17.5 Å². The molecule has 0 unspecified atom stereocenters. The van der Waals surface area contributed by atoms with E-state index < -0.39 is 17.6 Å². The molecule has 140 valence electrons. The van der Waals surface area contributed by atoms with Crippen LogP contribution in [0.15, 0.2) is 72.0 Å². The number of rotatable bonds is 2. The molecule has 0 radical (unpaired) electrons. The predicted octanol–water partition coefficient (Wildman–Crippen LogP) is 5.23. The first-order valence-corrected chi connectivity index (χ1v) is 8.50. The highest BCUT2D eigenvalue weighted by Crippen LogP contribution is 2.36. The maximum absolute atomic E-state index is 13.0. The van der Waals surface area contributed by atoms with Crippen LogP contribution in [-0.4, -0.2) is 16.6 Å². The van der Waals surface area contributed by atoms with Gasteiger partial charge in [-0.2, -0.15) is 13.2 Å². The standard InChI is InChI=1S/C21H14F3N3O/c22-21(23,24)16-6-7-17-19(10-16)27-20(28)11-18(26-17)14-4-1-3-13(9-14)15-5-2-8-25-12-15/h1-10,12H,11H2,(H,27,28). The van der Waals surface area contributed by atoms with Crippen molar-refractivity contribution in [2.75, 3.05) is 5.32 Å². The van der Waals surface area contributed by atoms with Gasteiger partial charge in [0.25, 0.3) is 0 Å². The summed E-state index contributed by atoms with van der Waals surface area (Å²) in [6, 6.07) is 14.4. The molecule has 7 heteroatoms. The molecule has 3 aromatic rings. The number of anilines is 1. The lowest BCUT2D eigenvalue weighted by Gasteiger charge is -2.10. The number of hydrogen-bond acceptors (Lipinski definition) is 3. The van der Waals surface area contributed by atoms with Crippen LogP contribution >= 0.6 is 0 Å². The van der Waals surface area contributed by atoms with Crippen molar-refractivity contribution in [2.24, 2.45) is 4.99 Å². The highest BCUT2D eigenvalue weighted by Gasteiger charge is 2.31. The molecule has 1 N–H and O–H groups in total. The fraction of sp³-hybridized carbons (Fsp3) is 0.0952. The van der Waals surface area contributed by atoms with Crippen molar-refractivity contribution in [1.82, 2.24) is 4.98 Å². The zero-order valence-electron chi connectivity index (χ0n) is 14.5. The Bertz CT molecular complexity index is 1080. The second-order valence-electron chi connectivity index (χ2n) is 6.34. The Morgan fingerprint density at radius 3 is 2.46 bits per heavy atom. The summed E-state index contributed by atoms with van der Waals surface area (Å²) in [5, 5.41) is 2.52. The molecule has 0 fully saturated rings. The molecule has 0 spiro atoms. The molecule has 0 bridgehead atoms. The molecular weight excluding hydrogens is 367 g/mol. The second kappa shape index (κ2) is 6.92. The number of amides is 1. The van der Waals surface area contributed by atoms with Gasteiger partial charge in [-0.1, -0.05) is 24.3 Å². The van der Waals surface area contributed by atoms with Gasteiger partial charge < -0.3 is 5.32 Å². The first-order chi connectivity index (χ1) is 13.4. The zero-order chi connectivity index (χ0) is 19.7. The molecule has 1 aliphatic rings. The molecular formula is C21H14F3N3O. The molecule has 0 saturated heterocycles. The first kappa shape index (κ1) is 17.9. The summed E-state index contributed by atoms with van der Waals surface area (Å²) in [6.45, 7) is 0. The van der Waals surface area contributed by atoms with E-state index in [4.69, 9.17) is 0 Å². The molecule has 1 amide bonds. The third-order valence-corrected chi connectivity index (χ3v) is 4.37. The Balaban J connectivity index is 1.76. The summed E-state index contributed by atoms with van der Waals surface area (Å²) < 4.78 is 38.9. The Hall–Kier alpha value is -3.48. The maximum Gasteiger partial charge on any atom is 0.416 e. The number of benzene rings is 2. The normalized spacial score (nSPS) is 14.0. The molecule has 28 heavy (non-hydrogen) atoms. The fourth-order valence-corrected chi connectivity index (χ4v) is 3.02. The molecule has 4 rings (SSSR count). The topological polar surface area (TPSA) is 54.4 Å². The highest BCUT2D eigenvalue weighted by atomic mass is 19.4. The minimum Gasteiger partial charge on any atom is -0.324 e. The molecule has 0 saturated carbocycles. The van der Waals surface area contributed by atoms with Gasteiger partial charge in [0.2, 0.25) is 5.91 Å². The number of carbonyl (C=O) groups excluding carboxylic acids is 1. The Morgan fingerprint density at radius 1 is 0.929 bits per heavy atom. The van der Waals surface area contributed by atoms with Crippen LogP contribution in [-0.2, 0) is 11.0 Å². The van der Waals surface area contributed by atoms with E-state index in [0.717, 1.165) is 28.8 Å². The van der Waals surface area contributed by atoms with E-state index in [9.17, 15) is 18.0 Å².